The van der Waals surface area contributed by atoms with Gasteiger partial charge in [-0.1, -0.05) is 48.5 Å². The van der Waals surface area contributed by atoms with E-state index in [0.29, 0.717) is 11.1 Å². The maximum atomic E-state index is 12.2. The molecule has 0 radical (unpaired) electrons. The maximum absolute atomic E-state index is 12.2. The fraction of sp³-hybridized carbons (Fsp3) is 0. The van der Waals surface area contributed by atoms with E-state index in [4.69, 9.17) is 17.5 Å². The Labute approximate surface area is 157 Å². The second-order valence-electron chi connectivity index (χ2n) is 5.54. The first-order valence-electron chi connectivity index (χ1n) is 7.94. The molecule has 0 atom stereocenters. The highest BCUT2D eigenvalue weighted by molar-refractivity contribution is 7.80. The Morgan fingerprint density at radius 3 is 2.27 bits per heavy atom. The Kier molecular flexibility index (Phi) is 5.37. The van der Waals surface area contributed by atoms with Crippen LogP contribution >= 0.6 is 12.2 Å². The third-order valence-electron chi connectivity index (χ3n) is 3.73. The van der Waals surface area contributed by atoms with Crippen LogP contribution in [0.3, 0.4) is 0 Å². The number of nitriles is 1. The summed E-state index contributed by atoms with van der Waals surface area (Å²) in [6.07, 6.45) is 0. The van der Waals surface area contributed by atoms with Crippen molar-refractivity contribution < 1.29 is 4.79 Å². The van der Waals surface area contributed by atoms with E-state index in [1.807, 2.05) is 60.7 Å². The van der Waals surface area contributed by atoms with Gasteiger partial charge in [-0.25, -0.2) is 0 Å². The molecule has 0 saturated carbocycles. The summed E-state index contributed by atoms with van der Waals surface area (Å²) in [5.41, 5.74) is 3.81. The monoisotopic (exact) mass is 357 g/mol. The normalized spacial score (nSPS) is 9.81. The largest absolute Gasteiger partial charge is 0.332 e. The first-order valence-corrected chi connectivity index (χ1v) is 8.34. The fourth-order valence-corrected chi connectivity index (χ4v) is 2.65. The summed E-state index contributed by atoms with van der Waals surface area (Å²) in [6, 6.07) is 26.3. The van der Waals surface area contributed by atoms with Gasteiger partial charge in [-0.3, -0.25) is 10.1 Å². The molecule has 5 heteroatoms. The first-order chi connectivity index (χ1) is 12.7. The fourth-order valence-electron chi connectivity index (χ4n) is 2.44. The standard InChI is InChI=1S/C21H15N3OS/c22-14-15-5-4-8-18(13-15)20(25)24-21(26)23-19-11-9-17(10-12-19)16-6-2-1-3-7-16/h1-13H,(H2,23,24,25,26). The predicted octanol–water partition coefficient (Wildman–Crippen LogP) is 4.35. The van der Waals surface area contributed by atoms with E-state index < -0.39 is 0 Å². The van der Waals surface area contributed by atoms with E-state index in [-0.39, 0.29) is 11.0 Å². The van der Waals surface area contributed by atoms with Gasteiger partial charge < -0.3 is 5.32 Å². The Bertz CT molecular complexity index is 976. The lowest BCUT2D eigenvalue weighted by molar-refractivity contribution is 0.0977. The molecule has 0 aromatic heterocycles. The SMILES string of the molecule is N#Cc1cccc(C(=O)NC(=S)Nc2ccc(-c3ccccc3)cc2)c1. The van der Waals surface area contributed by atoms with Crippen LogP contribution in [-0.2, 0) is 0 Å². The highest BCUT2D eigenvalue weighted by Gasteiger charge is 2.08. The van der Waals surface area contributed by atoms with Crippen LogP contribution in [0.4, 0.5) is 5.69 Å². The van der Waals surface area contributed by atoms with Crippen LogP contribution in [0.2, 0.25) is 0 Å². The number of thiocarbonyl (C=S) groups is 1. The molecule has 0 aliphatic carbocycles. The number of carbonyl (C=O) groups excluding carboxylic acids is 1. The predicted molar refractivity (Wildman–Crippen MR) is 107 cm³/mol. The van der Waals surface area contributed by atoms with E-state index in [1.54, 1.807) is 18.2 Å². The number of benzene rings is 3. The van der Waals surface area contributed by atoms with Gasteiger partial charge in [0.25, 0.3) is 5.91 Å². The minimum Gasteiger partial charge on any atom is -0.332 e. The molecule has 1 amide bonds. The Hall–Kier alpha value is -3.49. The van der Waals surface area contributed by atoms with E-state index in [0.717, 1.165) is 16.8 Å². The average molecular weight is 357 g/mol. The molecule has 3 rings (SSSR count). The minimum absolute atomic E-state index is 0.199. The molecule has 126 valence electrons. The number of nitrogens with one attached hydrogen (secondary N) is 2. The molecule has 26 heavy (non-hydrogen) atoms. The van der Waals surface area contributed by atoms with E-state index in [1.165, 1.54) is 6.07 Å². The number of hydrogen-bond donors (Lipinski definition) is 2. The van der Waals surface area contributed by atoms with Gasteiger partial charge in [-0.2, -0.15) is 5.26 Å². The molecule has 0 aliphatic rings. The molecular formula is C21H15N3OS. The third kappa shape index (κ3) is 4.32. The van der Waals surface area contributed by atoms with Gasteiger partial charge in [0.1, 0.15) is 0 Å². The van der Waals surface area contributed by atoms with Crippen molar-refractivity contribution in [2.24, 2.45) is 0 Å². The number of carbonyl (C=O) groups is 1. The zero-order chi connectivity index (χ0) is 18.4. The summed E-state index contributed by atoms with van der Waals surface area (Å²) in [7, 11) is 0. The molecule has 2 N–H and O–H groups in total. The first kappa shape index (κ1) is 17.3. The van der Waals surface area contributed by atoms with Crippen molar-refractivity contribution >= 4 is 28.9 Å². The molecule has 3 aromatic rings. The second kappa shape index (κ2) is 8.06. The van der Waals surface area contributed by atoms with Gasteiger partial charge in [-0.15, -0.1) is 0 Å². The van der Waals surface area contributed by atoms with Gasteiger partial charge in [0.05, 0.1) is 11.6 Å². The van der Waals surface area contributed by atoms with Crippen LogP contribution in [0.25, 0.3) is 11.1 Å². The summed E-state index contributed by atoms with van der Waals surface area (Å²) < 4.78 is 0. The average Bonchev–Trinajstić information content (AvgIpc) is 2.69. The summed E-state index contributed by atoms with van der Waals surface area (Å²) in [5, 5.41) is 14.7. The summed E-state index contributed by atoms with van der Waals surface area (Å²) in [5.74, 6) is -0.361. The molecule has 0 saturated heterocycles. The summed E-state index contributed by atoms with van der Waals surface area (Å²) >= 11 is 5.19. The number of hydrogen-bond acceptors (Lipinski definition) is 3. The van der Waals surface area contributed by atoms with Crippen LogP contribution in [0, 0.1) is 11.3 Å². The van der Waals surface area contributed by atoms with Crippen LogP contribution in [0.15, 0.2) is 78.9 Å². The quantitative estimate of drug-likeness (QED) is 0.684. The zero-order valence-electron chi connectivity index (χ0n) is 13.8. The van der Waals surface area contributed by atoms with Crippen LogP contribution in [0.5, 0.6) is 0 Å². The van der Waals surface area contributed by atoms with Crippen molar-refractivity contribution in [1.29, 1.82) is 5.26 Å². The summed E-state index contributed by atoms with van der Waals surface area (Å²) in [6.45, 7) is 0. The number of rotatable bonds is 3. The molecule has 4 nitrogen and oxygen atoms in total. The number of nitrogens with zero attached hydrogens (tertiary/aromatic N) is 1. The van der Waals surface area contributed by atoms with E-state index in [2.05, 4.69) is 10.6 Å². The molecule has 3 aromatic carbocycles. The van der Waals surface area contributed by atoms with Crippen LogP contribution in [0.1, 0.15) is 15.9 Å². The Morgan fingerprint density at radius 1 is 0.885 bits per heavy atom. The zero-order valence-corrected chi connectivity index (χ0v) is 14.6. The van der Waals surface area contributed by atoms with Crippen molar-refractivity contribution in [3.8, 4) is 17.2 Å². The van der Waals surface area contributed by atoms with Crippen LogP contribution in [-0.4, -0.2) is 11.0 Å². The number of amides is 1. The number of anilines is 1. The van der Waals surface area contributed by atoms with Crippen molar-refractivity contribution in [3.63, 3.8) is 0 Å². The Balaban J connectivity index is 1.63. The lowest BCUT2D eigenvalue weighted by atomic mass is 10.1. The van der Waals surface area contributed by atoms with Gasteiger partial charge in [0, 0.05) is 11.3 Å². The second-order valence-corrected chi connectivity index (χ2v) is 5.95. The lowest BCUT2D eigenvalue weighted by Crippen LogP contribution is -2.34. The van der Waals surface area contributed by atoms with Crippen LogP contribution < -0.4 is 10.6 Å². The highest BCUT2D eigenvalue weighted by atomic mass is 32.1. The van der Waals surface area contributed by atoms with Crippen molar-refractivity contribution in [2.75, 3.05) is 5.32 Å². The lowest BCUT2D eigenvalue weighted by Gasteiger charge is -2.10. The third-order valence-corrected chi connectivity index (χ3v) is 3.93. The summed E-state index contributed by atoms with van der Waals surface area (Å²) in [4.78, 5) is 12.2. The smallest absolute Gasteiger partial charge is 0.257 e. The minimum atomic E-state index is -0.361. The van der Waals surface area contributed by atoms with Gasteiger partial charge >= 0.3 is 0 Å². The molecule has 0 spiro atoms. The molecule has 0 bridgehead atoms. The molecular weight excluding hydrogens is 342 g/mol. The van der Waals surface area contributed by atoms with E-state index >= 15 is 0 Å². The van der Waals surface area contributed by atoms with Gasteiger partial charge in [0.15, 0.2) is 5.11 Å². The van der Waals surface area contributed by atoms with Gasteiger partial charge in [0.2, 0.25) is 0 Å². The Morgan fingerprint density at radius 2 is 1.58 bits per heavy atom. The molecule has 0 unspecified atom stereocenters. The molecule has 0 aliphatic heterocycles. The van der Waals surface area contributed by atoms with E-state index in [9.17, 15) is 4.79 Å². The van der Waals surface area contributed by atoms with Crippen molar-refractivity contribution in [1.82, 2.24) is 5.32 Å². The maximum Gasteiger partial charge on any atom is 0.257 e. The van der Waals surface area contributed by atoms with Crippen molar-refractivity contribution in [2.45, 2.75) is 0 Å². The van der Waals surface area contributed by atoms with Crippen molar-refractivity contribution in [3.05, 3.63) is 90.0 Å². The highest BCUT2D eigenvalue weighted by Crippen LogP contribution is 2.20. The topological polar surface area (TPSA) is 64.9 Å². The van der Waals surface area contributed by atoms with Gasteiger partial charge in [-0.05, 0) is 53.7 Å². The molecule has 0 heterocycles. The molecule has 0 fully saturated rings.